The smallest absolute Gasteiger partial charge is 0.395 e. The fourth-order valence-corrected chi connectivity index (χ4v) is 1.06. The first-order valence-electron chi connectivity index (χ1n) is 4.21. The number of anilines is 1. The molecule has 0 aliphatic heterocycles. The fraction of sp³-hybridized carbons (Fsp3) is 0. The zero-order valence-corrected chi connectivity index (χ0v) is 7.84. The lowest BCUT2D eigenvalue weighted by molar-refractivity contribution is -0.402. The van der Waals surface area contributed by atoms with E-state index in [-0.39, 0.29) is 5.76 Å². The highest BCUT2D eigenvalue weighted by Gasteiger charge is 2.17. The van der Waals surface area contributed by atoms with E-state index < -0.39 is 16.7 Å². The van der Waals surface area contributed by atoms with E-state index in [2.05, 4.69) is 15.5 Å². The van der Waals surface area contributed by atoms with Gasteiger partial charge < -0.3 is 9.73 Å². The molecule has 0 spiro atoms. The van der Waals surface area contributed by atoms with Crippen LogP contribution < -0.4 is 5.32 Å². The number of H-pyrrole nitrogens is 1. The Balaban J connectivity index is 2.12. The molecule has 0 bridgehead atoms. The van der Waals surface area contributed by atoms with Crippen molar-refractivity contribution in [1.82, 2.24) is 10.2 Å². The lowest BCUT2D eigenvalue weighted by Gasteiger charge is -1.96. The van der Waals surface area contributed by atoms with E-state index in [4.69, 9.17) is 4.42 Å². The molecule has 82 valence electrons. The second-order valence-corrected chi connectivity index (χ2v) is 2.84. The van der Waals surface area contributed by atoms with E-state index in [1.165, 1.54) is 18.5 Å². The summed E-state index contributed by atoms with van der Waals surface area (Å²) in [5.74, 6) is -1.18. The summed E-state index contributed by atoms with van der Waals surface area (Å²) in [4.78, 5) is 21.1. The van der Waals surface area contributed by atoms with Crippen LogP contribution >= 0.6 is 0 Å². The van der Waals surface area contributed by atoms with Gasteiger partial charge in [-0.3, -0.25) is 20.0 Å². The zero-order chi connectivity index (χ0) is 11.5. The third-order valence-electron chi connectivity index (χ3n) is 1.75. The molecule has 0 atom stereocenters. The minimum Gasteiger partial charge on any atom is -0.395 e. The standard InChI is InChI=1S/C8H6N4O4/c13-8(11-5-3-9-10-4-5)6-1-2-7(16-6)12(14)15/h1-4H,(H,9,10)(H,11,13). The van der Waals surface area contributed by atoms with Gasteiger partial charge in [0.15, 0.2) is 5.76 Å². The highest BCUT2D eigenvalue weighted by atomic mass is 16.6. The lowest BCUT2D eigenvalue weighted by Crippen LogP contribution is -2.10. The maximum absolute atomic E-state index is 11.5. The number of aromatic nitrogens is 2. The van der Waals surface area contributed by atoms with Crippen molar-refractivity contribution in [2.45, 2.75) is 0 Å². The van der Waals surface area contributed by atoms with Crippen molar-refractivity contribution in [3.05, 3.63) is 40.4 Å². The molecular weight excluding hydrogens is 216 g/mol. The number of hydrogen-bond donors (Lipinski definition) is 2. The topological polar surface area (TPSA) is 114 Å². The van der Waals surface area contributed by atoms with Gasteiger partial charge in [0.2, 0.25) is 0 Å². The molecule has 16 heavy (non-hydrogen) atoms. The summed E-state index contributed by atoms with van der Waals surface area (Å²) in [5, 5.41) is 18.9. The molecule has 0 fully saturated rings. The summed E-state index contributed by atoms with van der Waals surface area (Å²) >= 11 is 0. The third kappa shape index (κ3) is 1.90. The highest BCUT2D eigenvalue weighted by molar-refractivity contribution is 6.02. The average molecular weight is 222 g/mol. The maximum atomic E-state index is 11.5. The van der Waals surface area contributed by atoms with Gasteiger partial charge in [0.05, 0.1) is 18.0 Å². The SMILES string of the molecule is O=C(Nc1cn[nH]c1)c1ccc([N+](=O)[O-])o1. The Morgan fingerprint density at radius 1 is 1.56 bits per heavy atom. The van der Waals surface area contributed by atoms with Crippen LogP contribution in [-0.4, -0.2) is 21.0 Å². The quantitative estimate of drug-likeness (QED) is 0.597. The van der Waals surface area contributed by atoms with Gasteiger partial charge in [-0.05, 0) is 6.07 Å². The number of amides is 1. The molecule has 8 heteroatoms. The van der Waals surface area contributed by atoms with Gasteiger partial charge in [-0.2, -0.15) is 5.10 Å². The van der Waals surface area contributed by atoms with Crippen LogP contribution in [0, 0.1) is 10.1 Å². The van der Waals surface area contributed by atoms with Crippen LogP contribution in [0.15, 0.2) is 28.9 Å². The number of carbonyl (C=O) groups is 1. The molecule has 8 nitrogen and oxygen atoms in total. The Bertz CT molecular complexity index is 516. The lowest BCUT2D eigenvalue weighted by atomic mass is 10.4. The van der Waals surface area contributed by atoms with Crippen LogP contribution in [-0.2, 0) is 0 Å². The van der Waals surface area contributed by atoms with Crippen molar-refractivity contribution in [2.24, 2.45) is 0 Å². The van der Waals surface area contributed by atoms with Crippen molar-refractivity contribution in [3.63, 3.8) is 0 Å². The molecule has 0 radical (unpaired) electrons. The van der Waals surface area contributed by atoms with E-state index >= 15 is 0 Å². The minimum atomic E-state index is -0.714. The summed E-state index contributed by atoms with van der Waals surface area (Å²) in [7, 11) is 0. The number of furan rings is 1. The van der Waals surface area contributed by atoms with Crippen LogP contribution in [0.3, 0.4) is 0 Å². The second-order valence-electron chi connectivity index (χ2n) is 2.84. The van der Waals surface area contributed by atoms with Crippen LogP contribution in [0.4, 0.5) is 11.6 Å². The second kappa shape index (κ2) is 3.85. The predicted molar refractivity (Wildman–Crippen MR) is 51.9 cm³/mol. The van der Waals surface area contributed by atoms with Crippen molar-refractivity contribution in [2.75, 3.05) is 5.32 Å². The molecule has 2 N–H and O–H groups in total. The Kier molecular flexibility index (Phi) is 2.38. The monoisotopic (exact) mass is 222 g/mol. The van der Waals surface area contributed by atoms with Gasteiger partial charge in [-0.15, -0.1) is 0 Å². The van der Waals surface area contributed by atoms with Gasteiger partial charge >= 0.3 is 5.88 Å². The maximum Gasteiger partial charge on any atom is 0.433 e. The molecule has 2 aromatic heterocycles. The number of nitrogens with zero attached hydrogens (tertiary/aromatic N) is 2. The minimum absolute atomic E-state index is 0.132. The van der Waals surface area contributed by atoms with Gasteiger partial charge in [0.1, 0.15) is 4.92 Å². The van der Waals surface area contributed by atoms with E-state index in [1.807, 2.05) is 0 Å². The molecule has 2 aromatic rings. The molecule has 2 heterocycles. The van der Waals surface area contributed by atoms with E-state index in [1.54, 1.807) is 0 Å². The Morgan fingerprint density at radius 3 is 2.94 bits per heavy atom. The summed E-state index contributed by atoms with van der Waals surface area (Å²) in [6.45, 7) is 0. The number of nitrogens with one attached hydrogen (secondary N) is 2. The van der Waals surface area contributed by atoms with E-state index in [0.29, 0.717) is 5.69 Å². The molecule has 0 unspecified atom stereocenters. The fourth-order valence-electron chi connectivity index (χ4n) is 1.06. The van der Waals surface area contributed by atoms with Gasteiger partial charge in [0, 0.05) is 6.20 Å². The Labute approximate surface area is 88.4 Å². The average Bonchev–Trinajstić information content (AvgIpc) is 2.86. The summed E-state index contributed by atoms with van der Waals surface area (Å²) in [5.41, 5.74) is 0.448. The number of aromatic amines is 1. The molecule has 1 amide bonds. The number of nitro groups is 1. The van der Waals surface area contributed by atoms with Crippen molar-refractivity contribution in [3.8, 4) is 0 Å². The van der Waals surface area contributed by atoms with Crippen molar-refractivity contribution < 1.29 is 14.1 Å². The molecule has 0 aliphatic carbocycles. The number of carbonyl (C=O) groups excluding carboxylic acids is 1. The van der Waals surface area contributed by atoms with Crippen LogP contribution in [0.25, 0.3) is 0 Å². The predicted octanol–water partition coefficient (Wildman–Crippen LogP) is 1.16. The summed E-state index contributed by atoms with van der Waals surface area (Å²) < 4.78 is 4.71. The summed E-state index contributed by atoms with van der Waals surface area (Å²) in [6.07, 6.45) is 2.87. The highest BCUT2D eigenvalue weighted by Crippen LogP contribution is 2.16. The van der Waals surface area contributed by atoms with Crippen molar-refractivity contribution >= 4 is 17.5 Å². The normalized spacial score (nSPS) is 10.0. The molecule has 0 saturated carbocycles. The first kappa shape index (κ1) is 9.90. The Hall–Kier alpha value is -2.64. The summed E-state index contributed by atoms with van der Waals surface area (Å²) in [6, 6.07) is 2.35. The first-order valence-corrected chi connectivity index (χ1v) is 4.21. The zero-order valence-electron chi connectivity index (χ0n) is 7.84. The van der Waals surface area contributed by atoms with Gasteiger partial charge in [0.25, 0.3) is 5.91 Å². The first-order chi connectivity index (χ1) is 7.66. The number of rotatable bonds is 3. The molecule has 2 rings (SSSR count). The van der Waals surface area contributed by atoms with Crippen LogP contribution in [0.1, 0.15) is 10.6 Å². The van der Waals surface area contributed by atoms with Crippen LogP contribution in [0.5, 0.6) is 0 Å². The van der Waals surface area contributed by atoms with Crippen LogP contribution in [0.2, 0.25) is 0 Å². The number of hydrogen-bond acceptors (Lipinski definition) is 5. The van der Waals surface area contributed by atoms with E-state index in [0.717, 1.165) is 6.07 Å². The third-order valence-corrected chi connectivity index (χ3v) is 1.75. The van der Waals surface area contributed by atoms with Gasteiger partial charge in [-0.25, -0.2) is 0 Å². The largest absolute Gasteiger partial charge is 0.433 e. The molecule has 0 aliphatic rings. The molecule has 0 saturated heterocycles. The molecular formula is C8H6N4O4. The van der Waals surface area contributed by atoms with Gasteiger partial charge in [-0.1, -0.05) is 0 Å². The molecule has 0 aromatic carbocycles. The Morgan fingerprint density at radius 2 is 2.38 bits per heavy atom. The van der Waals surface area contributed by atoms with E-state index in [9.17, 15) is 14.9 Å². The van der Waals surface area contributed by atoms with Crippen molar-refractivity contribution in [1.29, 1.82) is 0 Å².